The molecule has 0 amide bonds. The van der Waals surface area contributed by atoms with E-state index >= 15 is 0 Å². The average Bonchev–Trinajstić information content (AvgIpc) is 2.87. The fourth-order valence-electron chi connectivity index (χ4n) is 2.19. The Morgan fingerprint density at radius 1 is 0.372 bits per heavy atom. The molecule has 4 N–H and O–H groups in total. The molecule has 0 saturated carbocycles. The van der Waals surface area contributed by atoms with Gasteiger partial charge in [0.05, 0.1) is 0 Å². The third-order valence-corrected chi connectivity index (χ3v) is 9.75. The molecule has 10 nitrogen and oxygen atoms in total. The van der Waals surface area contributed by atoms with Crippen LogP contribution in [0.3, 0.4) is 0 Å². The van der Waals surface area contributed by atoms with Gasteiger partial charge in [-0.3, -0.25) is 0 Å². The Balaban J connectivity index is -0.000000175. The maximum absolute atomic E-state index is 10.4. The molecule has 0 aromatic carbocycles. The summed E-state index contributed by atoms with van der Waals surface area (Å²) in [5.74, 6) is 0. The Morgan fingerprint density at radius 2 is 0.465 bits per heavy atom. The standard InChI is InChI=1S/2C12H28O4Si.2C3H8O.Ti/c2*1-7-10(4)14-17(13,15-11(5)8-2)16-12(6)9-3;2*1-3(2)4;/h2*10-13H,7-9H2,1-6H3;2*3-4H,1-2H3;. The molecular formula is C30H72O10Si2Ti. The minimum Gasteiger partial charge on any atom is -0.394 e. The smallest absolute Gasteiger partial charge is 0.394 e. The Morgan fingerprint density at radius 3 is 0.535 bits per heavy atom. The molecule has 0 saturated heterocycles. The molecule has 0 bridgehead atoms. The minimum atomic E-state index is -3.50. The monoisotopic (exact) mass is 696 g/mol. The summed E-state index contributed by atoms with van der Waals surface area (Å²) >= 11 is 0. The molecule has 264 valence electrons. The molecule has 6 unspecified atom stereocenters. The van der Waals surface area contributed by atoms with Gasteiger partial charge >= 0.3 is 18.1 Å². The van der Waals surface area contributed by atoms with Gasteiger partial charge in [-0.1, -0.05) is 41.5 Å². The molecule has 0 heterocycles. The molecule has 0 fully saturated rings. The molecule has 0 rings (SSSR count). The molecule has 43 heavy (non-hydrogen) atoms. The van der Waals surface area contributed by atoms with Crippen LogP contribution in [0.4, 0.5) is 0 Å². The van der Waals surface area contributed by atoms with Crippen molar-refractivity contribution in [2.75, 3.05) is 0 Å². The second kappa shape index (κ2) is 31.4. The van der Waals surface area contributed by atoms with Crippen LogP contribution >= 0.6 is 0 Å². The number of aliphatic hydroxyl groups is 2. The van der Waals surface area contributed by atoms with Gasteiger partial charge in [0, 0.05) is 70.5 Å². The van der Waals surface area contributed by atoms with Crippen LogP contribution in [0.2, 0.25) is 0 Å². The molecule has 0 aromatic rings. The summed E-state index contributed by atoms with van der Waals surface area (Å²) in [6, 6.07) is 0. The SMILES string of the molecule is CC(C)O.CC(C)O.CCC(C)O[Si](O)(OC(C)CC)OC(C)CC.CCC(C)O[Si](O)(OC(C)CC)OC(C)CC.[Ti]. The third kappa shape index (κ3) is 38.8. The first-order valence-electron chi connectivity index (χ1n) is 16.1. The Labute approximate surface area is 283 Å². The normalized spacial score (nSPS) is 18.0. The summed E-state index contributed by atoms with van der Waals surface area (Å²) in [6.45, 7) is 30.4. The van der Waals surface area contributed by atoms with Crippen molar-refractivity contribution in [3.8, 4) is 0 Å². The van der Waals surface area contributed by atoms with Gasteiger partial charge in [0.25, 0.3) is 0 Å². The zero-order valence-electron chi connectivity index (χ0n) is 30.6. The van der Waals surface area contributed by atoms with Gasteiger partial charge in [-0.25, -0.2) is 0 Å². The van der Waals surface area contributed by atoms with Crippen molar-refractivity contribution in [1.82, 2.24) is 0 Å². The zero-order chi connectivity index (χ0) is 34.1. The van der Waals surface area contributed by atoms with E-state index in [0.717, 1.165) is 38.5 Å². The number of hydrogen-bond donors (Lipinski definition) is 4. The van der Waals surface area contributed by atoms with Gasteiger partial charge in [0.15, 0.2) is 0 Å². The van der Waals surface area contributed by atoms with E-state index in [2.05, 4.69) is 0 Å². The molecule has 13 heteroatoms. The Bertz CT molecular complexity index is 463. The average molecular weight is 697 g/mol. The van der Waals surface area contributed by atoms with Crippen molar-refractivity contribution in [3.63, 3.8) is 0 Å². The maximum Gasteiger partial charge on any atom is 0.677 e. The van der Waals surface area contributed by atoms with Gasteiger partial charge in [-0.15, -0.1) is 0 Å². The summed E-state index contributed by atoms with van der Waals surface area (Å²) in [4.78, 5) is 20.8. The molecule has 0 aromatic heterocycles. The number of rotatable bonds is 18. The minimum absolute atomic E-state index is 0. The number of hydrogen-bond acceptors (Lipinski definition) is 10. The summed E-state index contributed by atoms with van der Waals surface area (Å²) in [5.41, 5.74) is 0. The van der Waals surface area contributed by atoms with Gasteiger partial charge in [0.1, 0.15) is 0 Å². The van der Waals surface area contributed by atoms with Crippen LogP contribution in [0.15, 0.2) is 0 Å². The molecule has 0 aliphatic rings. The van der Waals surface area contributed by atoms with Crippen LogP contribution in [-0.4, -0.2) is 86.7 Å². The Hall–Kier alpha value is 0.748. The van der Waals surface area contributed by atoms with E-state index in [1.807, 2.05) is 83.1 Å². The summed E-state index contributed by atoms with van der Waals surface area (Å²) in [6.07, 6.45) is 4.27. The first-order chi connectivity index (χ1) is 19.2. The van der Waals surface area contributed by atoms with Gasteiger partial charge in [-0.2, -0.15) is 0 Å². The third-order valence-electron chi connectivity index (χ3n) is 5.55. The van der Waals surface area contributed by atoms with E-state index in [0.29, 0.717) is 0 Å². The topological polar surface area (TPSA) is 136 Å². The maximum atomic E-state index is 10.4. The summed E-state index contributed by atoms with van der Waals surface area (Å²) in [5, 5.41) is 16.1. The van der Waals surface area contributed by atoms with Crippen molar-refractivity contribution >= 4 is 18.1 Å². The molecule has 0 spiro atoms. The van der Waals surface area contributed by atoms with E-state index in [1.165, 1.54) is 0 Å². The van der Waals surface area contributed by atoms with E-state index in [1.54, 1.807) is 27.7 Å². The fraction of sp³-hybridized carbons (Fsp3) is 1.00. The van der Waals surface area contributed by atoms with E-state index in [-0.39, 0.29) is 70.5 Å². The molecule has 0 aliphatic heterocycles. The zero-order valence-corrected chi connectivity index (χ0v) is 34.2. The van der Waals surface area contributed by atoms with Gasteiger partial charge in [-0.05, 0) is 108 Å². The van der Waals surface area contributed by atoms with E-state index in [9.17, 15) is 9.59 Å². The predicted octanol–water partition coefficient (Wildman–Crippen LogP) is 6.49. The van der Waals surface area contributed by atoms with Crippen molar-refractivity contribution in [3.05, 3.63) is 0 Å². The first-order valence-corrected chi connectivity index (χ1v) is 19.4. The number of aliphatic hydroxyl groups excluding tert-OH is 2. The van der Waals surface area contributed by atoms with Crippen molar-refractivity contribution < 1.29 is 68.1 Å². The van der Waals surface area contributed by atoms with Crippen LogP contribution in [0.5, 0.6) is 0 Å². The fourth-order valence-corrected chi connectivity index (χ4v) is 6.58. The second-order valence-electron chi connectivity index (χ2n) is 11.3. The Kier molecular flexibility index (Phi) is 38.8. The van der Waals surface area contributed by atoms with Crippen molar-refractivity contribution in [1.29, 1.82) is 0 Å². The largest absolute Gasteiger partial charge is 0.677 e. The van der Waals surface area contributed by atoms with Crippen molar-refractivity contribution in [2.24, 2.45) is 0 Å². The van der Waals surface area contributed by atoms with E-state index < -0.39 is 18.1 Å². The second-order valence-corrected chi connectivity index (χ2v) is 14.8. The van der Waals surface area contributed by atoms with Gasteiger partial charge in [0.2, 0.25) is 0 Å². The quantitative estimate of drug-likeness (QED) is 0.118. The van der Waals surface area contributed by atoms with Gasteiger partial charge < -0.3 is 46.4 Å². The summed E-state index contributed by atoms with van der Waals surface area (Å²) < 4.78 is 33.5. The predicted molar refractivity (Wildman–Crippen MR) is 176 cm³/mol. The van der Waals surface area contributed by atoms with Crippen LogP contribution in [0, 0.1) is 0 Å². The molecule has 0 aliphatic carbocycles. The van der Waals surface area contributed by atoms with Crippen molar-refractivity contribution in [2.45, 2.75) is 198 Å². The summed E-state index contributed by atoms with van der Waals surface area (Å²) in [7, 11) is -7.00. The first kappa shape index (κ1) is 53.2. The van der Waals surface area contributed by atoms with Crippen LogP contribution in [-0.2, 0) is 48.3 Å². The molecule has 6 atom stereocenters. The van der Waals surface area contributed by atoms with Crippen LogP contribution in [0.1, 0.15) is 149 Å². The molecule has 0 radical (unpaired) electrons. The van der Waals surface area contributed by atoms with Crippen LogP contribution < -0.4 is 0 Å². The van der Waals surface area contributed by atoms with E-state index in [4.69, 9.17) is 36.8 Å². The molecular weight excluding hydrogens is 624 g/mol. The van der Waals surface area contributed by atoms with Crippen LogP contribution in [0.25, 0.3) is 0 Å².